The van der Waals surface area contributed by atoms with Crippen molar-refractivity contribution in [2.45, 2.75) is 44.8 Å². The van der Waals surface area contributed by atoms with Gasteiger partial charge in [-0.1, -0.05) is 26.2 Å². The number of nitrogens with two attached hydrogens (primary N) is 1. The van der Waals surface area contributed by atoms with E-state index in [1.165, 1.54) is 6.20 Å². The van der Waals surface area contributed by atoms with Crippen LogP contribution in [0.25, 0.3) is 0 Å². The SMILES string of the molecule is CCCCCC(NN)c1cnc(C(F)(F)F)s1. The molecule has 0 saturated heterocycles. The molecule has 7 heteroatoms. The molecule has 0 aliphatic heterocycles. The van der Waals surface area contributed by atoms with E-state index in [-0.39, 0.29) is 6.04 Å². The fourth-order valence-corrected chi connectivity index (χ4v) is 2.36. The summed E-state index contributed by atoms with van der Waals surface area (Å²) < 4.78 is 37.1. The van der Waals surface area contributed by atoms with E-state index < -0.39 is 11.2 Å². The van der Waals surface area contributed by atoms with E-state index in [1.807, 2.05) is 0 Å². The van der Waals surface area contributed by atoms with Gasteiger partial charge in [0.2, 0.25) is 0 Å². The first-order chi connectivity index (χ1) is 7.99. The van der Waals surface area contributed by atoms with Gasteiger partial charge in [-0.05, 0) is 6.42 Å². The first kappa shape index (κ1) is 14.4. The van der Waals surface area contributed by atoms with Crippen LogP contribution in [0.4, 0.5) is 13.2 Å². The monoisotopic (exact) mass is 267 g/mol. The average molecular weight is 267 g/mol. The largest absolute Gasteiger partial charge is 0.443 e. The number of unbranched alkanes of at least 4 members (excludes halogenated alkanes) is 2. The Kier molecular flexibility index (Phi) is 5.35. The van der Waals surface area contributed by atoms with E-state index in [0.717, 1.165) is 25.7 Å². The third-order valence-corrected chi connectivity index (χ3v) is 3.56. The molecule has 0 aliphatic carbocycles. The van der Waals surface area contributed by atoms with Gasteiger partial charge in [0.05, 0.1) is 6.04 Å². The summed E-state index contributed by atoms with van der Waals surface area (Å²) in [6.07, 6.45) is 0.654. The van der Waals surface area contributed by atoms with Crippen LogP contribution in [0.15, 0.2) is 6.20 Å². The van der Waals surface area contributed by atoms with Gasteiger partial charge >= 0.3 is 6.18 Å². The van der Waals surface area contributed by atoms with Crippen LogP contribution in [-0.4, -0.2) is 4.98 Å². The number of aromatic nitrogens is 1. The number of rotatable bonds is 6. The summed E-state index contributed by atoms with van der Waals surface area (Å²) >= 11 is 0.652. The first-order valence-electron chi connectivity index (χ1n) is 5.48. The molecule has 0 spiro atoms. The summed E-state index contributed by atoms with van der Waals surface area (Å²) in [7, 11) is 0. The maximum absolute atomic E-state index is 12.4. The highest BCUT2D eigenvalue weighted by molar-refractivity contribution is 7.11. The van der Waals surface area contributed by atoms with Gasteiger partial charge < -0.3 is 0 Å². The molecule has 0 fully saturated rings. The lowest BCUT2D eigenvalue weighted by Gasteiger charge is -2.12. The molecule has 0 radical (unpaired) electrons. The second-order valence-corrected chi connectivity index (χ2v) is 4.84. The zero-order valence-corrected chi connectivity index (χ0v) is 10.4. The highest BCUT2D eigenvalue weighted by atomic mass is 32.1. The number of hydrogen-bond acceptors (Lipinski definition) is 4. The van der Waals surface area contributed by atoms with Gasteiger partial charge in [0.15, 0.2) is 5.01 Å². The summed E-state index contributed by atoms with van der Waals surface area (Å²) in [5.41, 5.74) is 2.55. The van der Waals surface area contributed by atoms with Gasteiger partial charge in [-0.3, -0.25) is 11.3 Å². The zero-order valence-electron chi connectivity index (χ0n) is 9.55. The molecule has 1 aromatic heterocycles. The van der Waals surface area contributed by atoms with E-state index in [2.05, 4.69) is 17.3 Å². The average Bonchev–Trinajstić information content (AvgIpc) is 2.73. The van der Waals surface area contributed by atoms with Crippen molar-refractivity contribution in [2.75, 3.05) is 0 Å². The van der Waals surface area contributed by atoms with E-state index in [4.69, 9.17) is 5.84 Å². The number of halogens is 3. The Balaban J connectivity index is 2.66. The minimum absolute atomic E-state index is 0.241. The predicted octanol–water partition coefficient (Wildman–Crippen LogP) is 3.25. The molecule has 3 nitrogen and oxygen atoms in total. The maximum Gasteiger partial charge on any atom is 0.443 e. The van der Waals surface area contributed by atoms with Crippen LogP contribution in [-0.2, 0) is 6.18 Å². The molecule has 1 aromatic rings. The highest BCUT2D eigenvalue weighted by Gasteiger charge is 2.35. The fourth-order valence-electron chi connectivity index (χ4n) is 1.48. The van der Waals surface area contributed by atoms with Gasteiger partial charge in [0.1, 0.15) is 0 Å². The van der Waals surface area contributed by atoms with E-state index in [1.54, 1.807) is 0 Å². The molecule has 0 saturated carbocycles. The van der Waals surface area contributed by atoms with E-state index >= 15 is 0 Å². The molecule has 0 aliphatic rings. The van der Waals surface area contributed by atoms with Crippen molar-refractivity contribution in [2.24, 2.45) is 5.84 Å². The molecule has 0 aromatic carbocycles. The predicted molar refractivity (Wildman–Crippen MR) is 61.3 cm³/mol. The van der Waals surface area contributed by atoms with Crippen LogP contribution >= 0.6 is 11.3 Å². The fraction of sp³-hybridized carbons (Fsp3) is 0.700. The van der Waals surface area contributed by atoms with Gasteiger partial charge in [-0.25, -0.2) is 4.98 Å². The first-order valence-corrected chi connectivity index (χ1v) is 6.29. The number of thiazole rings is 1. The lowest BCUT2D eigenvalue weighted by atomic mass is 10.1. The van der Waals surface area contributed by atoms with Crippen LogP contribution in [0.3, 0.4) is 0 Å². The quantitative estimate of drug-likeness (QED) is 0.472. The molecule has 0 bridgehead atoms. The minimum atomic E-state index is -4.37. The van der Waals surface area contributed by atoms with Gasteiger partial charge in [0, 0.05) is 11.1 Å². The molecule has 17 heavy (non-hydrogen) atoms. The minimum Gasteiger partial charge on any atom is -0.271 e. The number of hydrazine groups is 1. The lowest BCUT2D eigenvalue weighted by molar-refractivity contribution is -0.137. The van der Waals surface area contributed by atoms with Crippen molar-refractivity contribution in [3.8, 4) is 0 Å². The van der Waals surface area contributed by atoms with Crippen molar-refractivity contribution in [1.82, 2.24) is 10.4 Å². The van der Waals surface area contributed by atoms with Crippen molar-refractivity contribution >= 4 is 11.3 Å². The second-order valence-electron chi connectivity index (χ2n) is 3.78. The summed E-state index contributed by atoms with van der Waals surface area (Å²) in [5.74, 6) is 5.35. The Hall–Kier alpha value is -0.660. The zero-order chi connectivity index (χ0) is 12.9. The molecule has 1 heterocycles. The van der Waals surface area contributed by atoms with Crippen molar-refractivity contribution < 1.29 is 13.2 Å². The normalized spacial score (nSPS) is 13.9. The Labute approximate surface area is 102 Å². The topological polar surface area (TPSA) is 50.9 Å². The van der Waals surface area contributed by atoms with Crippen molar-refractivity contribution in [1.29, 1.82) is 0 Å². The number of nitrogens with zero attached hydrogens (tertiary/aromatic N) is 1. The summed E-state index contributed by atoms with van der Waals surface area (Å²) in [6.45, 7) is 2.07. The summed E-state index contributed by atoms with van der Waals surface area (Å²) in [5, 5.41) is -0.816. The number of hydrogen-bond donors (Lipinski definition) is 2. The summed E-state index contributed by atoms with van der Waals surface area (Å²) in [4.78, 5) is 3.92. The Morgan fingerprint density at radius 2 is 2.18 bits per heavy atom. The smallest absolute Gasteiger partial charge is 0.271 e. The molecular weight excluding hydrogens is 251 g/mol. The molecule has 1 unspecified atom stereocenters. The Morgan fingerprint density at radius 1 is 1.47 bits per heavy atom. The molecule has 0 amide bonds. The second kappa shape index (κ2) is 6.32. The van der Waals surface area contributed by atoms with Crippen LogP contribution in [0.2, 0.25) is 0 Å². The van der Waals surface area contributed by atoms with Gasteiger partial charge in [-0.2, -0.15) is 13.2 Å². The van der Waals surface area contributed by atoms with E-state index in [9.17, 15) is 13.2 Å². The highest BCUT2D eigenvalue weighted by Crippen LogP contribution is 2.35. The molecule has 3 N–H and O–H groups in total. The maximum atomic E-state index is 12.4. The van der Waals surface area contributed by atoms with Crippen LogP contribution in [0.1, 0.15) is 48.5 Å². The number of alkyl halides is 3. The van der Waals surface area contributed by atoms with Crippen LogP contribution < -0.4 is 11.3 Å². The molecule has 1 rings (SSSR count). The van der Waals surface area contributed by atoms with Gasteiger partial charge in [-0.15, -0.1) is 11.3 Å². The Bertz CT molecular complexity index is 338. The van der Waals surface area contributed by atoms with Crippen LogP contribution in [0.5, 0.6) is 0 Å². The molecule has 98 valence electrons. The molecule has 1 atom stereocenters. The third kappa shape index (κ3) is 4.25. The number of nitrogens with one attached hydrogen (secondary N) is 1. The van der Waals surface area contributed by atoms with Gasteiger partial charge in [0.25, 0.3) is 0 Å². The standard InChI is InChI=1S/C10H16F3N3S/c1-2-3-4-5-7(16-14)8-6-15-9(17-8)10(11,12)13/h6-7,16H,2-5,14H2,1H3. The lowest BCUT2D eigenvalue weighted by Crippen LogP contribution is -2.27. The molecular formula is C10H16F3N3S. The third-order valence-electron chi connectivity index (χ3n) is 2.41. The van der Waals surface area contributed by atoms with Crippen LogP contribution in [0, 0.1) is 0 Å². The summed E-state index contributed by atoms with van der Waals surface area (Å²) in [6, 6.07) is -0.241. The Morgan fingerprint density at radius 3 is 2.65 bits per heavy atom. The van der Waals surface area contributed by atoms with E-state index in [0.29, 0.717) is 16.2 Å². The van der Waals surface area contributed by atoms with Crippen molar-refractivity contribution in [3.63, 3.8) is 0 Å². The van der Waals surface area contributed by atoms with Crippen molar-refractivity contribution in [3.05, 3.63) is 16.1 Å².